The van der Waals surface area contributed by atoms with Gasteiger partial charge in [0.05, 0.1) is 18.2 Å². The van der Waals surface area contributed by atoms with Gasteiger partial charge in [-0.2, -0.15) is 0 Å². The summed E-state index contributed by atoms with van der Waals surface area (Å²) in [6.45, 7) is 7.90. The van der Waals surface area contributed by atoms with E-state index in [9.17, 15) is 9.18 Å². The van der Waals surface area contributed by atoms with Gasteiger partial charge in [-0.1, -0.05) is 36.4 Å². The average Bonchev–Trinajstić information content (AvgIpc) is 2.55. The molecule has 0 heterocycles. The van der Waals surface area contributed by atoms with Gasteiger partial charge in [0.2, 0.25) is 0 Å². The molecule has 0 spiro atoms. The van der Waals surface area contributed by atoms with Gasteiger partial charge < -0.3 is 10.1 Å². The van der Waals surface area contributed by atoms with Crippen molar-refractivity contribution in [3.05, 3.63) is 77.6 Å². The molecule has 0 saturated heterocycles. The van der Waals surface area contributed by atoms with Gasteiger partial charge in [0.25, 0.3) is 0 Å². The number of carbonyl (C=O) groups excluding carboxylic acids is 1. The van der Waals surface area contributed by atoms with Gasteiger partial charge in [0.1, 0.15) is 5.82 Å². The zero-order chi connectivity index (χ0) is 16.8. The molecule has 1 N–H and O–H groups in total. The van der Waals surface area contributed by atoms with Gasteiger partial charge in [0, 0.05) is 5.69 Å². The Labute approximate surface area is 135 Å². The first kappa shape index (κ1) is 16.7. The molecule has 0 radical (unpaired) electrons. The highest BCUT2D eigenvalue weighted by molar-refractivity contribution is 5.90. The smallest absolute Gasteiger partial charge is 0.335 e. The summed E-state index contributed by atoms with van der Waals surface area (Å²) in [4.78, 5) is 12.0. The first-order chi connectivity index (χ1) is 11.0. The van der Waals surface area contributed by atoms with Crippen LogP contribution in [0.5, 0.6) is 0 Å². The highest BCUT2D eigenvalue weighted by Gasteiger charge is 2.22. The molecule has 0 bridgehead atoms. The van der Waals surface area contributed by atoms with Crippen LogP contribution in [0.25, 0.3) is 0 Å². The third kappa shape index (κ3) is 4.42. The van der Waals surface area contributed by atoms with Crippen molar-refractivity contribution in [2.75, 3.05) is 11.9 Å². The molecule has 0 aromatic heterocycles. The summed E-state index contributed by atoms with van der Waals surface area (Å²) in [6, 6.07) is 13.3. The van der Waals surface area contributed by atoms with Crippen molar-refractivity contribution in [3.63, 3.8) is 0 Å². The molecule has 23 heavy (non-hydrogen) atoms. The van der Waals surface area contributed by atoms with Crippen molar-refractivity contribution in [3.8, 4) is 0 Å². The predicted octanol–water partition coefficient (Wildman–Crippen LogP) is 4.41. The van der Waals surface area contributed by atoms with Crippen molar-refractivity contribution in [1.82, 2.24) is 0 Å². The predicted molar refractivity (Wildman–Crippen MR) is 89.7 cm³/mol. The molecule has 0 aliphatic carbocycles. The van der Waals surface area contributed by atoms with E-state index < -0.39 is 12.0 Å². The number of hydrogen-bond acceptors (Lipinski definition) is 3. The largest absolute Gasteiger partial charge is 0.463 e. The molecule has 0 amide bonds. The van der Waals surface area contributed by atoms with Gasteiger partial charge in [-0.05, 0) is 43.7 Å². The van der Waals surface area contributed by atoms with Crippen LogP contribution in [0.1, 0.15) is 24.1 Å². The summed E-state index contributed by atoms with van der Waals surface area (Å²) in [6.07, 6.45) is 0. The Hall–Kier alpha value is -2.62. The lowest BCUT2D eigenvalue weighted by Gasteiger charge is -2.22. The standard InChI is InChI=1S/C19H20FNO2/c1-4-23-19(22)14(3)18(15-7-5-13(2)6-8-15)21-17-11-9-16(20)10-12-17/h5-12,18,21H,3-4H2,1-2H3/t18-/m0/s1. The first-order valence-electron chi connectivity index (χ1n) is 7.46. The Morgan fingerprint density at radius 2 is 1.78 bits per heavy atom. The second-order valence-electron chi connectivity index (χ2n) is 5.24. The Balaban J connectivity index is 2.30. The van der Waals surface area contributed by atoms with Gasteiger partial charge >= 0.3 is 5.97 Å². The van der Waals surface area contributed by atoms with Gasteiger partial charge in [-0.3, -0.25) is 0 Å². The van der Waals surface area contributed by atoms with Crippen molar-refractivity contribution < 1.29 is 13.9 Å². The van der Waals surface area contributed by atoms with Crippen LogP contribution in [0.4, 0.5) is 10.1 Å². The van der Waals surface area contributed by atoms with E-state index >= 15 is 0 Å². The van der Waals surface area contributed by atoms with E-state index in [2.05, 4.69) is 11.9 Å². The zero-order valence-electron chi connectivity index (χ0n) is 13.3. The van der Waals surface area contributed by atoms with E-state index in [1.165, 1.54) is 12.1 Å². The summed E-state index contributed by atoms with van der Waals surface area (Å²) >= 11 is 0. The fourth-order valence-corrected chi connectivity index (χ4v) is 2.18. The van der Waals surface area contributed by atoms with Crippen LogP contribution < -0.4 is 5.32 Å². The summed E-state index contributed by atoms with van der Waals surface area (Å²) in [5, 5.41) is 3.21. The number of ether oxygens (including phenoxy) is 1. The fraction of sp³-hybridized carbons (Fsp3) is 0.211. The molecular formula is C19H20FNO2. The van der Waals surface area contributed by atoms with E-state index in [4.69, 9.17) is 4.74 Å². The Bertz CT molecular complexity index is 678. The number of aryl methyl sites for hydroxylation is 1. The quantitative estimate of drug-likeness (QED) is 0.634. The van der Waals surface area contributed by atoms with Crippen LogP contribution in [0, 0.1) is 12.7 Å². The van der Waals surface area contributed by atoms with Gasteiger partial charge in [-0.25, -0.2) is 9.18 Å². The Kier molecular flexibility index (Phi) is 5.52. The van der Waals surface area contributed by atoms with Crippen molar-refractivity contribution in [1.29, 1.82) is 0 Å². The third-order valence-corrected chi connectivity index (χ3v) is 3.45. The molecule has 120 valence electrons. The molecule has 0 saturated carbocycles. The fourth-order valence-electron chi connectivity index (χ4n) is 2.18. The third-order valence-electron chi connectivity index (χ3n) is 3.45. The topological polar surface area (TPSA) is 38.3 Å². The summed E-state index contributed by atoms with van der Waals surface area (Å²) in [7, 11) is 0. The number of rotatable bonds is 6. The summed E-state index contributed by atoms with van der Waals surface area (Å²) in [5.41, 5.74) is 3.01. The zero-order valence-corrected chi connectivity index (χ0v) is 13.3. The average molecular weight is 313 g/mol. The van der Waals surface area contributed by atoms with E-state index in [0.717, 1.165) is 11.1 Å². The van der Waals surface area contributed by atoms with Gasteiger partial charge in [-0.15, -0.1) is 0 Å². The number of halogens is 1. The molecule has 0 aliphatic rings. The van der Waals surface area contributed by atoms with Crippen molar-refractivity contribution in [2.24, 2.45) is 0 Å². The second-order valence-corrected chi connectivity index (χ2v) is 5.24. The summed E-state index contributed by atoms with van der Waals surface area (Å²) < 4.78 is 18.1. The maximum atomic E-state index is 13.1. The number of anilines is 1. The molecule has 4 heteroatoms. The molecule has 2 aromatic carbocycles. The number of benzene rings is 2. The van der Waals surface area contributed by atoms with Crippen molar-refractivity contribution in [2.45, 2.75) is 19.9 Å². The number of esters is 1. The molecule has 0 fully saturated rings. The molecule has 1 atom stereocenters. The highest BCUT2D eigenvalue weighted by Crippen LogP contribution is 2.27. The number of nitrogens with one attached hydrogen (secondary N) is 1. The van der Waals surface area contributed by atoms with Crippen LogP contribution in [-0.2, 0) is 9.53 Å². The molecular weight excluding hydrogens is 293 g/mol. The van der Waals surface area contributed by atoms with Crippen LogP contribution in [-0.4, -0.2) is 12.6 Å². The monoisotopic (exact) mass is 313 g/mol. The number of hydrogen-bond donors (Lipinski definition) is 1. The van der Waals surface area contributed by atoms with Crippen molar-refractivity contribution >= 4 is 11.7 Å². The molecule has 0 aliphatic heterocycles. The lowest BCUT2D eigenvalue weighted by Crippen LogP contribution is -2.20. The minimum absolute atomic E-state index is 0.287. The lowest BCUT2D eigenvalue weighted by molar-refractivity contribution is -0.138. The first-order valence-corrected chi connectivity index (χ1v) is 7.46. The van der Waals surface area contributed by atoms with E-state index in [-0.39, 0.29) is 12.4 Å². The molecule has 3 nitrogen and oxygen atoms in total. The Morgan fingerprint density at radius 3 is 2.35 bits per heavy atom. The maximum Gasteiger partial charge on any atom is 0.335 e. The highest BCUT2D eigenvalue weighted by atomic mass is 19.1. The minimum Gasteiger partial charge on any atom is -0.463 e. The maximum absolute atomic E-state index is 13.1. The SMILES string of the molecule is C=C(C(=O)OCC)[C@H](Nc1ccc(F)cc1)c1ccc(C)cc1. The molecule has 2 aromatic rings. The van der Waals surface area contributed by atoms with E-state index in [0.29, 0.717) is 11.3 Å². The van der Waals surface area contributed by atoms with Crippen LogP contribution in [0.2, 0.25) is 0 Å². The molecule has 0 unspecified atom stereocenters. The minimum atomic E-state index is -0.451. The number of carbonyl (C=O) groups is 1. The molecule has 2 rings (SSSR count). The Morgan fingerprint density at radius 1 is 1.17 bits per heavy atom. The normalized spacial score (nSPS) is 11.6. The van der Waals surface area contributed by atoms with Crippen LogP contribution >= 0.6 is 0 Å². The van der Waals surface area contributed by atoms with E-state index in [1.54, 1.807) is 19.1 Å². The van der Waals surface area contributed by atoms with E-state index in [1.807, 2.05) is 31.2 Å². The second kappa shape index (κ2) is 7.58. The van der Waals surface area contributed by atoms with Gasteiger partial charge in [0.15, 0.2) is 0 Å². The summed E-state index contributed by atoms with van der Waals surface area (Å²) in [5.74, 6) is -0.764. The van der Waals surface area contributed by atoms with Crippen LogP contribution in [0.3, 0.4) is 0 Å². The van der Waals surface area contributed by atoms with Crippen LogP contribution in [0.15, 0.2) is 60.7 Å². The lowest BCUT2D eigenvalue weighted by atomic mass is 9.98.